The largest absolute Gasteiger partial charge is 0.378 e. The molecule has 0 saturated heterocycles. The summed E-state index contributed by atoms with van der Waals surface area (Å²) < 4.78 is 0. The van der Waals surface area contributed by atoms with Crippen molar-refractivity contribution in [2.75, 3.05) is 16.9 Å². The third-order valence-corrected chi connectivity index (χ3v) is 5.36. The summed E-state index contributed by atoms with van der Waals surface area (Å²) in [5, 5.41) is 4.57. The first kappa shape index (κ1) is 19.8. The highest BCUT2D eigenvalue weighted by atomic mass is 35.5. The third-order valence-electron chi connectivity index (χ3n) is 3.84. The maximum atomic E-state index is 5.76. The summed E-state index contributed by atoms with van der Waals surface area (Å²) >= 11 is 7.60. The molecule has 0 aliphatic carbocycles. The molecule has 0 spiro atoms. The van der Waals surface area contributed by atoms with Crippen LogP contribution in [0.3, 0.4) is 0 Å². The summed E-state index contributed by atoms with van der Waals surface area (Å²) in [5.41, 5.74) is 4.32. The van der Waals surface area contributed by atoms with E-state index in [9.17, 15) is 0 Å². The van der Waals surface area contributed by atoms with Gasteiger partial charge >= 0.3 is 0 Å². The van der Waals surface area contributed by atoms with Gasteiger partial charge in [0.2, 0.25) is 0 Å². The number of hydrogen-bond donors (Lipinski definition) is 1. The van der Waals surface area contributed by atoms with Crippen LogP contribution in [-0.4, -0.2) is 21.6 Å². The molecule has 0 fully saturated rings. The fourth-order valence-corrected chi connectivity index (χ4v) is 3.78. The Bertz CT molecular complexity index is 827. The van der Waals surface area contributed by atoms with Gasteiger partial charge in [-0.1, -0.05) is 18.2 Å². The van der Waals surface area contributed by atoms with E-state index in [-0.39, 0.29) is 12.4 Å². The second-order valence-electron chi connectivity index (χ2n) is 5.54. The molecule has 0 unspecified atom stereocenters. The Labute approximate surface area is 164 Å². The number of thioether (sulfide) groups is 1. The van der Waals surface area contributed by atoms with Crippen molar-refractivity contribution in [3.63, 3.8) is 0 Å². The molecular formula is C19H21Cl2N3S. The Morgan fingerprint density at radius 1 is 1.16 bits per heavy atom. The minimum absolute atomic E-state index is 0. The predicted molar refractivity (Wildman–Crippen MR) is 111 cm³/mol. The first-order valence-electron chi connectivity index (χ1n) is 8.00. The number of halogens is 2. The van der Waals surface area contributed by atoms with E-state index in [1.807, 2.05) is 42.4 Å². The van der Waals surface area contributed by atoms with Crippen LogP contribution < -0.4 is 5.32 Å². The highest BCUT2D eigenvalue weighted by Gasteiger charge is 2.06. The number of para-hydroxylation sites is 1. The minimum Gasteiger partial charge on any atom is -0.378 e. The summed E-state index contributed by atoms with van der Waals surface area (Å²) in [5.74, 6) is 1.75. The van der Waals surface area contributed by atoms with Gasteiger partial charge in [0.1, 0.15) is 0 Å². The van der Waals surface area contributed by atoms with Crippen molar-refractivity contribution >= 4 is 52.4 Å². The van der Waals surface area contributed by atoms with E-state index in [1.165, 1.54) is 10.5 Å². The van der Waals surface area contributed by atoms with Gasteiger partial charge in [-0.05, 0) is 42.9 Å². The third kappa shape index (κ3) is 5.24. The van der Waals surface area contributed by atoms with Crippen molar-refractivity contribution in [1.29, 1.82) is 0 Å². The highest BCUT2D eigenvalue weighted by molar-refractivity contribution is 7.99. The number of nitrogens with zero attached hydrogens (tertiary/aromatic N) is 2. The average Bonchev–Trinajstić information content (AvgIpc) is 2.62. The Hall–Kier alpha value is -1.49. The smallest absolute Gasteiger partial charge is 0.0703 e. The molecule has 1 N–H and O–H groups in total. The number of pyridine rings is 2. The lowest BCUT2D eigenvalue weighted by atomic mass is 10.2. The number of benzene rings is 1. The molecule has 0 bridgehead atoms. The number of nitrogens with one attached hydrogen (secondary N) is 1. The van der Waals surface area contributed by atoms with Crippen LogP contribution in [0.1, 0.15) is 17.7 Å². The first-order valence-corrected chi connectivity index (χ1v) is 9.52. The Kier molecular flexibility index (Phi) is 7.82. The van der Waals surface area contributed by atoms with Crippen LogP contribution in [0.2, 0.25) is 0 Å². The zero-order chi connectivity index (χ0) is 16.8. The molecule has 3 aromatic rings. The van der Waals surface area contributed by atoms with E-state index >= 15 is 0 Å². The zero-order valence-electron chi connectivity index (χ0n) is 14.0. The Morgan fingerprint density at radius 3 is 2.84 bits per heavy atom. The van der Waals surface area contributed by atoms with E-state index in [0.29, 0.717) is 12.4 Å². The molecule has 0 amide bonds. The monoisotopic (exact) mass is 393 g/mol. The predicted octanol–water partition coefficient (Wildman–Crippen LogP) is 5.69. The van der Waals surface area contributed by atoms with Gasteiger partial charge < -0.3 is 5.32 Å². The van der Waals surface area contributed by atoms with Crippen molar-refractivity contribution in [3.05, 3.63) is 60.0 Å². The molecule has 3 nitrogen and oxygen atoms in total. The van der Waals surface area contributed by atoms with Crippen LogP contribution in [0.4, 0.5) is 5.69 Å². The lowest BCUT2D eigenvalue weighted by Crippen LogP contribution is -2.05. The van der Waals surface area contributed by atoms with Gasteiger partial charge in [0.25, 0.3) is 0 Å². The van der Waals surface area contributed by atoms with Crippen molar-refractivity contribution in [1.82, 2.24) is 9.97 Å². The van der Waals surface area contributed by atoms with E-state index in [2.05, 4.69) is 40.4 Å². The molecule has 132 valence electrons. The zero-order valence-corrected chi connectivity index (χ0v) is 16.4. The van der Waals surface area contributed by atoms with Gasteiger partial charge in [0.15, 0.2) is 0 Å². The van der Waals surface area contributed by atoms with Crippen LogP contribution in [0.25, 0.3) is 10.9 Å². The molecule has 0 saturated carbocycles. The molecule has 2 aromatic heterocycles. The van der Waals surface area contributed by atoms with Crippen LogP contribution in [0, 0.1) is 6.92 Å². The number of rotatable bonds is 7. The molecule has 0 atom stereocenters. The van der Waals surface area contributed by atoms with Gasteiger partial charge in [0.05, 0.1) is 29.6 Å². The van der Waals surface area contributed by atoms with Crippen LogP contribution in [-0.2, 0) is 6.54 Å². The summed E-state index contributed by atoms with van der Waals surface area (Å²) in [7, 11) is 0. The van der Waals surface area contributed by atoms with Gasteiger partial charge in [0, 0.05) is 22.4 Å². The van der Waals surface area contributed by atoms with Crippen LogP contribution in [0.5, 0.6) is 0 Å². The summed E-state index contributed by atoms with van der Waals surface area (Å²) in [6.45, 7) is 2.82. The molecule has 3 rings (SSSR count). The van der Waals surface area contributed by atoms with Crippen molar-refractivity contribution in [3.8, 4) is 0 Å². The minimum atomic E-state index is 0. The average molecular weight is 394 g/mol. The fraction of sp³-hybridized carbons (Fsp3) is 0.263. The number of aromatic nitrogens is 2. The summed E-state index contributed by atoms with van der Waals surface area (Å²) in [4.78, 5) is 10.3. The van der Waals surface area contributed by atoms with E-state index in [1.54, 1.807) is 0 Å². The van der Waals surface area contributed by atoms with E-state index in [0.717, 1.165) is 34.5 Å². The molecule has 1 aromatic carbocycles. The fourth-order valence-electron chi connectivity index (χ4n) is 2.48. The Morgan fingerprint density at radius 2 is 2.00 bits per heavy atom. The lowest BCUT2D eigenvalue weighted by molar-refractivity contribution is 0.988. The second kappa shape index (κ2) is 9.85. The molecular weight excluding hydrogens is 373 g/mol. The summed E-state index contributed by atoms with van der Waals surface area (Å²) in [6.07, 6.45) is 4.77. The standard InChI is InChI=1S/C19H20ClN3S.ClH/c1-14-18(21-9-7-19(14)24-10-4-8-20)13-22-16-11-15-5-2-3-6-17(15)23-12-16;/h2-3,5-7,9,11-12,22H,4,8,10,13H2,1H3;1H. The number of hydrogen-bond acceptors (Lipinski definition) is 4. The number of anilines is 1. The van der Waals surface area contributed by atoms with Crippen molar-refractivity contribution in [2.45, 2.75) is 24.8 Å². The molecule has 0 aliphatic rings. The quantitative estimate of drug-likeness (QED) is 0.317. The van der Waals surface area contributed by atoms with Crippen LogP contribution in [0.15, 0.2) is 53.7 Å². The first-order chi connectivity index (χ1) is 11.8. The maximum absolute atomic E-state index is 5.76. The van der Waals surface area contributed by atoms with Gasteiger partial charge in [-0.25, -0.2) is 0 Å². The van der Waals surface area contributed by atoms with Crippen molar-refractivity contribution in [2.24, 2.45) is 0 Å². The Balaban J connectivity index is 0.00000225. The SMILES string of the molecule is Cc1c(SCCCCl)ccnc1CNc1cnc2ccccc2c1.Cl. The maximum Gasteiger partial charge on any atom is 0.0703 e. The summed E-state index contributed by atoms with van der Waals surface area (Å²) in [6, 6.07) is 12.3. The molecule has 0 radical (unpaired) electrons. The van der Waals surface area contributed by atoms with E-state index < -0.39 is 0 Å². The van der Waals surface area contributed by atoms with E-state index in [4.69, 9.17) is 11.6 Å². The molecule has 0 aliphatic heterocycles. The van der Waals surface area contributed by atoms with Crippen molar-refractivity contribution < 1.29 is 0 Å². The van der Waals surface area contributed by atoms with Gasteiger partial charge in [-0.15, -0.1) is 35.8 Å². The lowest BCUT2D eigenvalue weighted by Gasteiger charge is -2.12. The normalized spacial score (nSPS) is 10.5. The molecule has 6 heteroatoms. The van der Waals surface area contributed by atoms with Crippen LogP contribution >= 0.6 is 35.8 Å². The second-order valence-corrected chi connectivity index (χ2v) is 7.06. The molecule has 25 heavy (non-hydrogen) atoms. The van der Waals surface area contributed by atoms with Gasteiger partial charge in [-0.2, -0.15) is 0 Å². The topological polar surface area (TPSA) is 37.8 Å². The number of fused-ring (bicyclic) bond motifs is 1. The van der Waals surface area contributed by atoms with Gasteiger partial charge in [-0.3, -0.25) is 9.97 Å². The molecule has 2 heterocycles. The highest BCUT2D eigenvalue weighted by Crippen LogP contribution is 2.25. The number of alkyl halides is 1.